The lowest BCUT2D eigenvalue weighted by Gasteiger charge is -2.08. The van der Waals surface area contributed by atoms with E-state index in [-0.39, 0.29) is 0 Å². The van der Waals surface area contributed by atoms with E-state index in [2.05, 4.69) is 42.0 Å². The molecule has 4 heterocycles. The van der Waals surface area contributed by atoms with Gasteiger partial charge in [-0.2, -0.15) is 0 Å². The second kappa shape index (κ2) is 8.14. The molecule has 6 nitrogen and oxygen atoms in total. The van der Waals surface area contributed by atoms with Gasteiger partial charge in [-0.25, -0.2) is 9.97 Å². The summed E-state index contributed by atoms with van der Waals surface area (Å²) >= 11 is 9.17. The molecule has 5 rings (SSSR count). The Bertz CT molecular complexity index is 1310. The second-order valence-electron chi connectivity index (χ2n) is 6.40. The minimum absolute atomic E-state index is 0.712. The third-order valence-corrected chi connectivity index (χ3v) is 6.78. The quantitative estimate of drug-likeness (QED) is 0.313. The molecule has 30 heavy (non-hydrogen) atoms. The fourth-order valence-electron chi connectivity index (χ4n) is 3.22. The third kappa shape index (κ3) is 3.47. The van der Waals surface area contributed by atoms with E-state index < -0.39 is 0 Å². The molecule has 0 aliphatic heterocycles. The molecule has 0 atom stereocenters. The summed E-state index contributed by atoms with van der Waals surface area (Å²) < 4.78 is 2.09. The van der Waals surface area contributed by atoms with Gasteiger partial charge in [0.1, 0.15) is 16.2 Å². The lowest BCUT2D eigenvalue weighted by molar-refractivity contribution is 0.687. The average Bonchev–Trinajstić information content (AvgIpc) is 3.40. The van der Waals surface area contributed by atoms with Crippen LogP contribution < -0.4 is 0 Å². The number of halogens is 1. The van der Waals surface area contributed by atoms with Crippen LogP contribution in [0.25, 0.3) is 32.7 Å². The van der Waals surface area contributed by atoms with Gasteiger partial charge >= 0.3 is 0 Å². The zero-order chi connectivity index (χ0) is 20.5. The predicted octanol–water partition coefficient (Wildman–Crippen LogP) is 5.84. The van der Waals surface area contributed by atoms with Crippen LogP contribution in [0.2, 0.25) is 5.02 Å². The van der Waals surface area contributed by atoms with Crippen molar-refractivity contribution < 1.29 is 0 Å². The summed E-state index contributed by atoms with van der Waals surface area (Å²) in [7, 11) is 0. The number of hydrogen-bond acceptors (Lipinski definition) is 7. The van der Waals surface area contributed by atoms with Gasteiger partial charge in [0.15, 0.2) is 11.0 Å². The average molecular weight is 451 g/mol. The van der Waals surface area contributed by atoms with Gasteiger partial charge in [-0.1, -0.05) is 23.7 Å². The van der Waals surface area contributed by atoms with E-state index in [1.165, 1.54) is 11.8 Å². The van der Waals surface area contributed by atoms with Crippen molar-refractivity contribution >= 4 is 44.9 Å². The Morgan fingerprint density at radius 1 is 1.00 bits per heavy atom. The van der Waals surface area contributed by atoms with Gasteiger partial charge in [-0.3, -0.25) is 4.98 Å². The maximum Gasteiger partial charge on any atom is 0.197 e. The first-order chi connectivity index (χ1) is 14.7. The van der Waals surface area contributed by atoms with Gasteiger partial charge in [0, 0.05) is 40.5 Å². The first-order valence-corrected chi connectivity index (χ1v) is 11.3. The van der Waals surface area contributed by atoms with E-state index in [9.17, 15) is 0 Å². The summed E-state index contributed by atoms with van der Waals surface area (Å²) in [5, 5.41) is 14.4. The number of aromatic nitrogens is 6. The smallest absolute Gasteiger partial charge is 0.197 e. The summed E-state index contributed by atoms with van der Waals surface area (Å²) in [6.45, 7) is 2.83. The topological polar surface area (TPSA) is 69.4 Å². The van der Waals surface area contributed by atoms with Crippen LogP contribution in [0.15, 0.2) is 70.7 Å². The fourth-order valence-corrected chi connectivity index (χ4v) is 5.31. The molecular formula is C21H15ClN6S2. The van der Waals surface area contributed by atoms with Crippen LogP contribution in [-0.4, -0.2) is 29.7 Å². The molecule has 0 unspecified atom stereocenters. The maximum atomic E-state index is 6.07. The van der Waals surface area contributed by atoms with Crippen molar-refractivity contribution in [3.63, 3.8) is 0 Å². The van der Waals surface area contributed by atoms with Crippen LogP contribution in [0.1, 0.15) is 6.92 Å². The van der Waals surface area contributed by atoms with Crippen LogP contribution in [0, 0.1) is 0 Å². The van der Waals surface area contributed by atoms with Gasteiger partial charge in [0.05, 0.1) is 5.39 Å². The Labute approximate surface area is 186 Å². The van der Waals surface area contributed by atoms with Crippen molar-refractivity contribution in [3.05, 3.63) is 65.5 Å². The molecule has 0 radical (unpaired) electrons. The molecule has 0 aliphatic carbocycles. The Balaban J connectivity index is 1.59. The van der Waals surface area contributed by atoms with E-state index in [1.807, 2.05) is 36.4 Å². The summed E-state index contributed by atoms with van der Waals surface area (Å²) in [5.74, 6) is 0.816. The molecule has 148 valence electrons. The number of thiophene rings is 1. The molecule has 0 spiro atoms. The van der Waals surface area contributed by atoms with Gasteiger partial charge in [-0.05, 0) is 48.5 Å². The SMILES string of the molecule is CCn1c(Sc2ncnc3scc(-c4ccc(Cl)cc4)c23)nnc1-c1ccncc1. The fraction of sp³-hybridized carbons (Fsp3) is 0.0952. The van der Waals surface area contributed by atoms with Gasteiger partial charge in [-0.15, -0.1) is 21.5 Å². The summed E-state index contributed by atoms with van der Waals surface area (Å²) in [4.78, 5) is 14.1. The molecule has 0 N–H and O–H groups in total. The zero-order valence-electron chi connectivity index (χ0n) is 15.9. The highest BCUT2D eigenvalue weighted by atomic mass is 35.5. The molecule has 9 heteroatoms. The van der Waals surface area contributed by atoms with Gasteiger partial charge in [0.2, 0.25) is 0 Å². The monoisotopic (exact) mass is 450 g/mol. The molecule has 1 aromatic carbocycles. The second-order valence-corrected chi connectivity index (χ2v) is 8.65. The van der Waals surface area contributed by atoms with E-state index in [4.69, 9.17) is 11.6 Å². The minimum atomic E-state index is 0.712. The van der Waals surface area contributed by atoms with E-state index in [0.29, 0.717) is 5.02 Å². The molecule has 0 saturated carbocycles. The van der Waals surface area contributed by atoms with Crippen LogP contribution in [0.3, 0.4) is 0 Å². The number of rotatable bonds is 5. The van der Waals surface area contributed by atoms with Crippen LogP contribution >= 0.6 is 34.7 Å². The summed E-state index contributed by atoms with van der Waals surface area (Å²) in [5.41, 5.74) is 3.15. The normalized spacial score (nSPS) is 11.3. The Morgan fingerprint density at radius 2 is 1.80 bits per heavy atom. The Hall–Kier alpha value is -2.81. The molecular weight excluding hydrogens is 436 g/mol. The molecule has 0 amide bonds. The van der Waals surface area contributed by atoms with Crippen molar-refractivity contribution in [1.82, 2.24) is 29.7 Å². The molecule has 5 aromatic rings. The number of nitrogens with zero attached hydrogens (tertiary/aromatic N) is 6. The highest BCUT2D eigenvalue weighted by molar-refractivity contribution is 7.99. The maximum absolute atomic E-state index is 6.07. The standard InChI is InChI=1S/C21H15ClN6S2/c1-2-28-18(14-7-9-23-10-8-14)26-27-21(28)30-20-17-16(11-29-19(17)24-12-25-20)13-3-5-15(22)6-4-13/h3-12H,2H2,1H3. The van der Waals surface area contributed by atoms with E-state index >= 15 is 0 Å². The molecule has 0 bridgehead atoms. The Kier molecular flexibility index (Phi) is 5.20. The van der Waals surface area contributed by atoms with Crippen molar-refractivity contribution in [2.45, 2.75) is 23.7 Å². The van der Waals surface area contributed by atoms with Crippen LogP contribution in [0.4, 0.5) is 0 Å². The van der Waals surface area contributed by atoms with Crippen molar-refractivity contribution in [2.24, 2.45) is 0 Å². The first-order valence-electron chi connectivity index (χ1n) is 9.24. The minimum Gasteiger partial charge on any atom is -0.302 e. The van der Waals surface area contributed by atoms with Gasteiger partial charge in [0.25, 0.3) is 0 Å². The number of pyridine rings is 1. The summed E-state index contributed by atoms with van der Waals surface area (Å²) in [6, 6.07) is 11.7. The van der Waals surface area contributed by atoms with Crippen molar-refractivity contribution in [2.75, 3.05) is 0 Å². The largest absolute Gasteiger partial charge is 0.302 e. The van der Waals surface area contributed by atoms with Crippen molar-refractivity contribution in [1.29, 1.82) is 0 Å². The zero-order valence-corrected chi connectivity index (χ0v) is 18.2. The Morgan fingerprint density at radius 3 is 2.57 bits per heavy atom. The molecule has 0 fully saturated rings. The lowest BCUT2D eigenvalue weighted by atomic mass is 10.1. The number of hydrogen-bond donors (Lipinski definition) is 0. The first kappa shape index (κ1) is 19.2. The molecule has 0 saturated heterocycles. The lowest BCUT2D eigenvalue weighted by Crippen LogP contribution is -2.00. The number of benzene rings is 1. The van der Waals surface area contributed by atoms with Crippen LogP contribution in [0.5, 0.6) is 0 Å². The van der Waals surface area contributed by atoms with Crippen LogP contribution in [-0.2, 0) is 6.54 Å². The highest BCUT2D eigenvalue weighted by Crippen LogP contribution is 2.40. The number of fused-ring (bicyclic) bond motifs is 1. The van der Waals surface area contributed by atoms with E-state index in [1.54, 1.807) is 30.1 Å². The predicted molar refractivity (Wildman–Crippen MR) is 121 cm³/mol. The molecule has 4 aromatic heterocycles. The third-order valence-electron chi connectivity index (χ3n) is 4.65. The molecule has 0 aliphatic rings. The van der Waals surface area contributed by atoms with Crippen molar-refractivity contribution in [3.8, 4) is 22.5 Å². The highest BCUT2D eigenvalue weighted by Gasteiger charge is 2.19. The van der Waals surface area contributed by atoms with E-state index in [0.717, 1.165) is 49.5 Å². The van der Waals surface area contributed by atoms with Gasteiger partial charge < -0.3 is 4.57 Å². The summed E-state index contributed by atoms with van der Waals surface area (Å²) in [6.07, 6.45) is 5.12.